The Labute approximate surface area is 153 Å². The number of carboxylic acid groups (broad SMARTS) is 1. The Morgan fingerprint density at radius 1 is 1.23 bits per heavy atom. The molecule has 1 aliphatic rings. The highest BCUT2D eigenvalue weighted by atomic mass is 16.4. The van der Waals surface area contributed by atoms with Gasteiger partial charge in [-0.25, -0.2) is 0 Å². The first-order chi connectivity index (χ1) is 12.3. The number of fused-ring (bicyclic) bond motifs is 1. The summed E-state index contributed by atoms with van der Waals surface area (Å²) in [4.78, 5) is 13.1. The second-order valence-electron chi connectivity index (χ2n) is 6.91. The van der Waals surface area contributed by atoms with E-state index in [0.717, 1.165) is 16.8 Å². The van der Waals surface area contributed by atoms with Crippen LogP contribution in [0.2, 0.25) is 0 Å². The lowest BCUT2D eigenvalue weighted by atomic mass is 9.78. The van der Waals surface area contributed by atoms with Gasteiger partial charge in [0.05, 0.1) is 18.1 Å². The van der Waals surface area contributed by atoms with E-state index in [2.05, 4.69) is 25.7 Å². The fraction of sp³-hybridized carbons (Fsp3) is 0.400. The van der Waals surface area contributed by atoms with E-state index in [1.807, 2.05) is 24.3 Å². The molecule has 0 saturated heterocycles. The van der Waals surface area contributed by atoms with Crippen molar-refractivity contribution in [2.45, 2.75) is 45.1 Å². The van der Waals surface area contributed by atoms with Crippen LogP contribution in [-0.4, -0.2) is 23.7 Å². The molecule has 6 heteroatoms. The van der Waals surface area contributed by atoms with Gasteiger partial charge in [0.15, 0.2) is 0 Å². The van der Waals surface area contributed by atoms with Crippen LogP contribution in [0, 0.1) is 34.0 Å². The molecule has 0 bridgehead atoms. The molecule has 1 aliphatic heterocycles. The van der Waals surface area contributed by atoms with E-state index in [9.17, 15) is 10.1 Å². The van der Waals surface area contributed by atoms with Crippen molar-refractivity contribution in [3.8, 4) is 18.2 Å². The molecule has 0 amide bonds. The number of aliphatic carboxylic acids is 1. The molecular formula is C20H20N4O2. The average Bonchev–Trinajstić information content (AvgIpc) is 2.80. The Kier molecular flexibility index (Phi) is 5.34. The average molecular weight is 348 g/mol. The van der Waals surface area contributed by atoms with Crippen LogP contribution in [0.15, 0.2) is 29.3 Å². The number of rotatable bonds is 5. The van der Waals surface area contributed by atoms with E-state index >= 15 is 0 Å². The molecule has 0 fully saturated rings. The Hall–Kier alpha value is -3.30. The van der Waals surface area contributed by atoms with E-state index in [1.165, 1.54) is 0 Å². The molecule has 1 N–H and O–H groups in total. The van der Waals surface area contributed by atoms with E-state index in [1.54, 1.807) is 12.1 Å². The molecule has 6 nitrogen and oxygen atoms in total. The minimum atomic E-state index is -0.845. The molecule has 0 spiro atoms. The zero-order valence-corrected chi connectivity index (χ0v) is 15.1. The van der Waals surface area contributed by atoms with Gasteiger partial charge in [0, 0.05) is 30.1 Å². The minimum Gasteiger partial charge on any atom is -0.481 e. The molecule has 1 unspecified atom stereocenters. The summed E-state index contributed by atoms with van der Waals surface area (Å²) in [6.45, 7) is 6.64. The Morgan fingerprint density at radius 3 is 2.42 bits per heavy atom. The molecule has 1 aromatic rings. The van der Waals surface area contributed by atoms with Gasteiger partial charge in [0.1, 0.15) is 17.7 Å². The van der Waals surface area contributed by atoms with E-state index in [-0.39, 0.29) is 35.4 Å². The molecule has 1 heterocycles. The molecule has 26 heavy (non-hydrogen) atoms. The Bertz CT molecular complexity index is 878. The molecule has 0 saturated carbocycles. The SMILES string of the molecule is CC1N(CCC(=O)O)c2cccc(CC(C#N)=C(C#N)C#N)c2C1(C)C. The van der Waals surface area contributed by atoms with Crippen LogP contribution in [0.25, 0.3) is 0 Å². The Balaban J connectivity index is 2.54. The van der Waals surface area contributed by atoms with Crippen LogP contribution in [0.5, 0.6) is 0 Å². The number of hydrogen-bond donors (Lipinski definition) is 1. The van der Waals surface area contributed by atoms with Gasteiger partial charge in [-0.05, 0) is 24.1 Å². The van der Waals surface area contributed by atoms with Crippen molar-refractivity contribution < 1.29 is 9.90 Å². The zero-order chi connectivity index (χ0) is 19.5. The molecule has 132 valence electrons. The highest BCUT2D eigenvalue weighted by Crippen LogP contribution is 2.47. The second-order valence-corrected chi connectivity index (χ2v) is 6.91. The van der Waals surface area contributed by atoms with Crippen LogP contribution in [0.3, 0.4) is 0 Å². The maximum Gasteiger partial charge on any atom is 0.305 e. The first-order valence-electron chi connectivity index (χ1n) is 8.32. The lowest BCUT2D eigenvalue weighted by molar-refractivity contribution is -0.136. The van der Waals surface area contributed by atoms with Crippen molar-refractivity contribution in [1.82, 2.24) is 0 Å². The maximum atomic E-state index is 11.0. The first-order valence-corrected chi connectivity index (χ1v) is 8.32. The summed E-state index contributed by atoms with van der Waals surface area (Å²) in [5.74, 6) is -0.845. The van der Waals surface area contributed by atoms with Crippen molar-refractivity contribution in [1.29, 1.82) is 15.8 Å². The van der Waals surface area contributed by atoms with Gasteiger partial charge in [-0.3, -0.25) is 4.79 Å². The minimum absolute atomic E-state index is 0.0421. The van der Waals surface area contributed by atoms with Gasteiger partial charge < -0.3 is 10.0 Å². The number of nitriles is 3. The molecule has 2 rings (SSSR count). The fourth-order valence-electron chi connectivity index (χ4n) is 3.59. The third-order valence-corrected chi connectivity index (χ3v) is 5.19. The fourth-order valence-corrected chi connectivity index (χ4v) is 3.59. The largest absolute Gasteiger partial charge is 0.481 e. The quantitative estimate of drug-likeness (QED) is 0.818. The molecule has 0 aromatic heterocycles. The molecule has 1 aromatic carbocycles. The van der Waals surface area contributed by atoms with E-state index in [4.69, 9.17) is 15.6 Å². The first kappa shape index (κ1) is 19.0. The van der Waals surface area contributed by atoms with Crippen molar-refractivity contribution in [3.63, 3.8) is 0 Å². The predicted octanol–water partition coefficient (Wildman–Crippen LogP) is 3.06. The number of nitrogens with zero attached hydrogens (tertiary/aromatic N) is 4. The topological polar surface area (TPSA) is 112 Å². The Morgan fingerprint density at radius 2 is 1.88 bits per heavy atom. The summed E-state index contributed by atoms with van der Waals surface area (Å²) >= 11 is 0. The van der Waals surface area contributed by atoms with Gasteiger partial charge in [0.25, 0.3) is 0 Å². The van der Waals surface area contributed by atoms with Gasteiger partial charge in [-0.2, -0.15) is 15.8 Å². The second kappa shape index (κ2) is 7.30. The molecular weight excluding hydrogens is 328 g/mol. The summed E-state index contributed by atoms with van der Waals surface area (Å²) in [5.41, 5.74) is 2.60. The maximum absolute atomic E-state index is 11.0. The van der Waals surface area contributed by atoms with Crippen molar-refractivity contribution in [3.05, 3.63) is 40.5 Å². The van der Waals surface area contributed by atoms with Crippen LogP contribution in [0.4, 0.5) is 5.69 Å². The number of anilines is 1. The number of carbonyl (C=O) groups is 1. The highest BCUT2D eigenvalue weighted by molar-refractivity contribution is 5.71. The van der Waals surface area contributed by atoms with Crippen LogP contribution < -0.4 is 4.90 Å². The van der Waals surface area contributed by atoms with Gasteiger partial charge in [-0.1, -0.05) is 26.0 Å². The number of allylic oxidation sites excluding steroid dienone is 2. The third-order valence-electron chi connectivity index (χ3n) is 5.19. The highest BCUT2D eigenvalue weighted by Gasteiger charge is 2.43. The standard InChI is InChI=1S/C20H20N4O2/c1-13-20(2,3)19-14(9-15(10-21)16(11-22)12-23)5-4-6-17(19)24(13)8-7-18(25)26/h4-6,13H,7-9H2,1-3H3,(H,25,26). The number of carboxylic acids is 1. The van der Waals surface area contributed by atoms with Gasteiger partial charge >= 0.3 is 5.97 Å². The van der Waals surface area contributed by atoms with Crippen molar-refractivity contribution in [2.75, 3.05) is 11.4 Å². The van der Waals surface area contributed by atoms with Crippen LogP contribution in [0.1, 0.15) is 38.3 Å². The lowest BCUT2D eigenvalue weighted by Gasteiger charge is -2.31. The predicted molar refractivity (Wildman–Crippen MR) is 96.1 cm³/mol. The summed E-state index contributed by atoms with van der Waals surface area (Å²) < 4.78 is 0. The molecule has 0 radical (unpaired) electrons. The van der Waals surface area contributed by atoms with Gasteiger partial charge in [0.2, 0.25) is 0 Å². The van der Waals surface area contributed by atoms with Crippen LogP contribution >= 0.6 is 0 Å². The molecule has 1 atom stereocenters. The summed E-state index contributed by atoms with van der Waals surface area (Å²) in [6.07, 6.45) is 0.250. The van der Waals surface area contributed by atoms with Crippen molar-refractivity contribution >= 4 is 11.7 Å². The molecule has 0 aliphatic carbocycles. The van der Waals surface area contributed by atoms with Crippen molar-refractivity contribution in [2.24, 2.45) is 0 Å². The normalized spacial score (nSPS) is 16.8. The van der Waals surface area contributed by atoms with E-state index in [0.29, 0.717) is 6.54 Å². The monoisotopic (exact) mass is 348 g/mol. The number of benzene rings is 1. The number of hydrogen-bond acceptors (Lipinski definition) is 5. The summed E-state index contributed by atoms with van der Waals surface area (Å²) in [5, 5.41) is 36.5. The zero-order valence-electron chi connectivity index (χ0n) is 15.1. The smallest absolute Gasteiger partial charge is 0.305 e. The van der Waals surface area contributed by atoms with Gasteiger partial charge in [-0.15, -0.1) is 0 Å². The lowest BCUT2D eigenvalue weighted by Crippen LogP contribution is -2.40. The van der Waals surface area contributed by atoms with E-state index < -0.39 is 5.97 Å². The third kappa shape index (κ3) is 3.25. The summed E-state index contributed by atoms with van der Waals surface area (Å²) in [6, 6.07) is 11.3. The van der Waals surface area contributed by atoms with Crippen LogP contribution in [-0.2, 0) is 16.6 Å². The summed E-state index contributed by atoms with van der Waals surface area (Å²) in [7, 11) is 0.